The summed E-state index contributed by atoms with van der Waals surface area (Å²) in [5, 5.41) is 17.9. The molecular weight excluding hydrogens is 282 g/mol. The van der Waals surface area contributed by atoms with Crippen molar-refractivity contribution in [3.8, 4) is 12.3 Å². The molecule has 2 aliphatic heterocycles. The summed E-state index contributed by atoms with van der Waals surface area (Å²) in [6, 6.07) is 1.80. The van der Waals surface area contributed by atoms with E-state index < -0.39 is 0 Å². The van der Waals surface area contributed by atoms with Crippen LogP contribution < -0.4 is 5.32 Å². The number of hydrogen-bond acceptors (Lipinski definition) is 5. The van der Waals surface area contributed by atoms with Crippen LogP contribution in [0.5, 0.6) is 0 Å². The molecule has 1 unspecified atom stereocenters. The summed E-state index contributed by atoms with van der Waals surface area (Å²) in [5.74, 6) is 2.71. The lowest BCUT2D eigenvalue weighted by molar-refractivity contribution is 0.0947. The lowest BCUT2D eigenvalue weighted by Gasteiger charge is -2.08. The van der Waals surface area contributed by atoms with Gasteiger partial charge >= 0.3 is 0 Å². The molecule has 1 atom stereocenters. The van der Waals surface area contributed by atoms with Gasteiger partial charge in [-0.2, -0.15) is 15.3 Å². The van der Waals surface area contributed by atoms with E-state index in [1.165, 1.54) is 0 Å². The highest BCUT2D eigenvalue weighted by Crippen LogP contribution is 2.36. The maximum Gasteiger partial charge on any atom is 0.271 e. The largest absolute Gasteiger partial charge is 0.381 e. The number of hydrogen-bond donors (Lipinski definition) is 2. The molecule has 0 spiro atoms. The number of nitrogens with zero attached hydrogens (tertiary/aromatic N) is 3. The fourth-order valence-corrected chi connectivity index (χ4v) is 2.58. The molecule has 7 nitrogen and oxygen atoms in total. The standard InChI is InChI=1S/C15H19N5O2/c1-2-3-5-15(19-20-15)6-7-16-14(21)13-9-12(17-18-13)11-4-8-22-10-11/h1,9,11H,3-8,10H2,(H,16,21)(H,17,18). The number of amides is 1. The molecule has 1 aromatic rings. The summed E-state index contributed by atoms with van der Waals surface area (Å²) in [5.41, 5.74) is 1.00. The average Bonchev–Trinajstić information content (AvgIpc) is 2.98. The topological polar surface area (TPSA) is 91.7 Å². The minimum Gasteiger partial charge on any atom is -0.381 e. The summed E-state index contributed by atoms with van der Waals surface area (Å²) >= 11 is 0. The number of terminal acetylenes is 1. The Bertz CT molecular complexity index is 604. The molecule has 1 amide bonds. The van der Waals surface area contributed by atoms with E-state index in [1.807, 2.05) is 0 Å². The van der Waals surface area contributed by atoms with Gasteiger partial charge in [0.1, 0.15) is 5.69 Å². The first kappa shape index (κ1) is 14.7. The number of carbonyl (C=O) groups excluding carboxylic acids is 1. The Balaban J connectivity index is 1.45. The minimum atomic E-state index is -0.364. The molecule has 2 aliphatic rings. The molecule has 1 aromatic heterocycles. The molecule has 7 heteroatoms. The summed E-state index contributed by atoms with van der Waals surface area (Å²) in [6.45, 7) is 1.95. The van der Waals surface area contributed by atoms with Crippen LogP contribution in [-0.2, 0) is 4.74 Å². The molecule has 0 radical (unpaired) electrons. The highest BCUT2D eigenvalue weighted by Gasteiger charge is 2.38. The highest BCUT2D eigenvalue weighted by molar-refractivity contribution is 5.92. The predicted octanol–water partition coefficient (Wildman–Crippen LogP) is 1.61. The van der Waals surface area contributed by atoms with Crippen LogP contribution in [0.15, 0.2) is 16.3 Å². The average molecular weight is 301 g/mol. The minimum absolute atomic E-state index is 0.186. The number of nitrogens with one attached hydrogen (secondary N) is 2. The van der Waals surface area contributed by atoms with Crippen molar-refractivity contribution in [1.82, 2.24) is 15.5 Å². The molecule has 0 aliphatic carbocycles. The number of rotatable bonds is 7. The van der Waals surface area contributed by atoms with E-state index in [9.17, 15) is 4.79 Å². The molecule has 22 heavy (non-hydrogen) atoms. The monoisotopic (exact) mass is 301 g/mol. The molecular formula is C15H19N5O2. The number of carbonyl (C=O) groups is 1. The van der Waals surface area contributed by atoms with Crippen LogP contribution in [0.25, 0.3) is 0 Å². The zero-order valence-electron chi connectivity index (χ0n) is 12.3. The summed E-state index contributed by atoms with van der Waals surface area (Å²) in [7, 11) is 0. The van der Waals surface area contributed by atoms with Gasteiger partial charge in [-0.3, -0.25) is 9.89 Å². The third-order valence-corrected chi connectivity index (χ3v) is 4.06. The second-order valence-corrected chi connectivity index (χ2v) is 5.66. The predicted molar refractivity (Wildman–Crippen MR) is 79.4 cm³/mol. The van der Waals surface area contributed by atoms with Crippen molar-refractivity contribution in [2.75, 3.05) is 19.8 Å². The van der Waals surface area contributed by atoms with E-state index in [0.29, 0.717) is 37.6 Å². The van der Waals surface area contributed by atoms with Crippen LogP contribution in [0.1, 0.15) is 47.8 Å². The maximum absolute atomic E-state index is 12.1. The van der Waals surface area contributed by atoms with E-state index in [0.717, 1.165) is 25.1 Å². The number of aromatic amines is 1. The quantitative estimate of drug-likeness (QED) is 0.749. The van der Waals surface area contributed by atoms with E-state index in [4.69, 9.17) is 11.2 Å². The van der Waals surface area contributed by atoms with Gasteiger partial charge in [-0.05, 0) is 12.5 Å². The summed E-state index contributed by atoms with van der Waals surface area (Å²) in [4.78, 5) is 12.1. The fraction of sp³-hybridized carbons (Fsp3) is 0.600. The SMILES string of the molecule is C#CCCC1(CCNC(=O)c2cc(C3CCOC3)[nH]n2)N=N1. The van der Waals surface area contributed by atoms with Crippen molar-refractivity contribution in [3.63, 3.8) is 0 Å². The molecule has 1 fully saturated rings. The molecule has 2 N–H and O–H groups in total. The Hall–Kier alpha value is -2.20. The van der Waals surface area contributed by atoms with Gasteiger partial charge in [-0.15, -0.1) is 12.3 Å². The lowest BCUT2D eigenvalue weighted by Crippen LogP contribution is -2.28. The van der Waals surface area contributed by atoms with E-state index >= 15 is 0 Å². The van der Waals surface area contributed by atoms with Crippen molar-refractivity contribution >= 4 is 5.91 Å². The van der Waals surface area contributed by atoms with Gasteiger partial charge in [0, 0.05) is 44.0 Å². The van der Waals surface area contributed by atoms with Gasteiger partial charge < -0.3 is 10.1 Å². The first-order valence-corrected chi connectivity index (χ1v) is 7.51. The van der Waals surface area contributed by atoms with Crippen molar-refractivity contribution < 1.29 is 9.53 Å². The van der Waals surface area contributed by atoms with E-state index in [2.05, 4.69) is 31.7 Å². The molecule has 3 rings (SSSR count). The Morgan fingerprint density at radius 2 is 2.41 bits per heavy atom. The van der Waals surface area contributed by atoms with Crippen LogP contribution in [0.4, 0.5) is 0 Å². The zero-order chi connectivity index (χ0) is 15.4. The lowest BCUT2D eigenvalue weighted by atomic mass is 10.0. The fourth-order valence-electron chi connectivity index (χ4n) is 2.58. The van der Waals surface area contributed by atoms with E-state index in [-0.39, 0.29) is 11.6 Å². The number of H-pyrrole nitrogens is 1. The Labute approximate surface area is 128 Å². The third kappa shape index (κ3) is 3.34. The van der Waals surface area contributed by atoms with Crippen molar-refractivity contribution in [2.24, 2.45) is 10.2 Å². The molecule has 0 saturated carbocycles. The molecule has 1 saturated heterocycles. The highest BCUT2D eigenvalue weighted by atomic mass is 16.5. The molecule has 0 bridgehead atoms. The first-order chi connectivity index (χ1) is 10.7. The number of aromatic nitrogens is 2. The van der Waals surface area contributed by atoms with Gasteiger partial charge in [0.15, 0.2) is 5.66 Å². The maximum atomic E-state index is 12.1. The van der Waals surface area contributed by atoms with Crippen LogP contribution in [0.2, 0.25) is 0 Å². The number of ether oxygens (including phenoxy) is 1. The smallest absolute Gasteiger partial charge is 0.271 e. The van der Waals surface area contributed by atoms with Crippen molar-refractivity contribution in [2.45, 2.75) is 37.3 Å². The van der Waals surface area contributed by atoms with Gasteiger partial charge in [0.2, 0.25) is 0 Å². The van der Waals surface area contributed by atoms with E-state index in [1.54, 1.807) is 6.07 Å². The van der Waals surface area contributed by atoms with Crippen LogP contribution in [0, 0.1) is 12.3 Å². The van der Waals surface area contributed by atoms with Crippen molar-refractivity contribution in [1.29, 1.82) is 0 Å². The molecule has 0 aromatic carbocycles. The Morgan fingerprint density at radius 1 is 1.55 bits per heavy atom. The van der Waals surface area contributed by atoms with Crippen LogP contribution in [-0.4, -0.2) is 41.5 Å². The van der Waals surface area contributed by atoms with Crippen LogP contribution in [0.3, 0.4) is 0 Å². The van der Waals surface area contributed by atoms with Gasteiger partial charge in [0.25, 0.3) is 5.91 Å². The van der Waals surface area contributed by atoms with Crippen molar-refractivity contribution in [3.05, 3.63) is 17.5 Å². The third-order valence-electron chi connectivity index (χ3n) is 4.06. The normalized spacial score (nSPS) is 21.5. The van der Waals surface area contributed by atoms with Gasteiger partial charge in [0.05, 0.1) is 6.61 Å². The summed E-state index contributed by atoms with van der Waals surface area (Å²) in [6.07, 6.45) is 8.27. The second-order valence-electron chi connectivity index (χ2n) is 5.66. The first-order valence-electron chi connectivity index (χ1n) is 7.51. The Kier molecular flexibility index (Phi) is 4.20. The second kappa shape index (κ2) is 6.28. The molecule has 116 valence electrons. The Morgan fingerprint density at radius 3 is 3.09 bits per heavy atom. The van der Waals surface area contributed by atoms with Crippen LogP contribution >= 0.6 is 0 Å². The van der Waals surface area contributed by atoms with Gasteiger partial charge in [-0.25, -0.2) is 0 Å². The zero-order valence-corrected chi connectivity index (χ0v) is 12.3. The summed E-state index contributed by atoms with van der Waals surface area (Å²) < 4.78 is 5.34. The molecule has 3 heterocycles. The van der Waals surface area contributed by atoms with Gasteiger partial charge in [-0.1, -0.05) is 0 Å².